The average molecular weight is 501 g/mol. The molecule has 9 heteroatoms. The molecule has 1 aliphatic carbocycles. The van der Waals surface area contributed by atoms with Gasteiger partial charge in [-0.1, -0.05) is 23.7 Å². The molecule has 0 saturated heterocycles. The number of aromatic nitrogens is 4. The summed E-state index contributed by atoms with van der Waals surface area (Å²) in [5, 5.41) is 13.1. The molecule has 5 rings (SSSR count). The van der Waals surface area contributed by atoms with E-state index in [0.29, 0.717) is 40.0 Å². The Morgan fingerprint density at radius 3 is 2.67 bits per heavy atom. The zero-order valence-corrected chi connectivity index (χ0v) is 20.6. The summed E-state index contributed by atoms with van der Waals surface area (Å²) >= 11 is 6.02. The summed E-state index contributed by atoms with van der Waals surface area (Å²) in [5.41, 5.74) is 3.46. The third kappa shape index (κ3) is 4.50. The molecule has 1 aliphatic rings. The SMILES string of the molecule is Cc1ncc(Cl)cc1C(=O)N[C@H]1CC[C@H](Cn2c(=O)n(-c3ccncc3C#N)c3ccccc32)CC1. The number of nitrogens with zero attached hydrogens (tertiary/aromatic N) is 5. The van der Waals surface area contributed by atoms with E-state index in [9.17, 15) is 14.9 Å². The van der Waals surface area contributed by atoms with E-state index in [4.69, 9.17) is 11.6 Å². The van der Waals surface area contributed by atoms with Crippen LogP contribution < -0.4 is 11.0 Å². The zero-order chi connectivity index (χ0) is 25.2. The minimum Gasteiger partial charge on any atom is -0.349 e. The van der Waals surface area contributed by atoms with Crippen molar-refractivity contribution in [1.82, 2.24) is 24.4 Å². The number of pyridine rings is 2. The Morgan fingerprint density at radius 2 is 1.92 bits per heavy atom. The second-order valence-corrected chi connectivity index (χ2v) is 9.64. The van der Waals surface area contributed by atoms with E-state index >= 15 is 0 Å². The van der Waals surface area contributed by atoms with Gasteiger partial charge in [0.2, 0.25) is 0 Å². The fourth-order valence-electron chi connectivity index (χ4n) is 5.03. The Hall–Kier alpha value is -3.96. The van der Waals surface area contributed by atoms with E-state index < -0.39 is 0 Å². The summed E-state index contributed by atoms with van der Waals surface area (Å²) in [5.74, 6) is 0.147. The lowest BCUT2D eigenvalue weighted by Crippen LogP contribution is -2.39. The van der Waals surface area contributed by atoms with E-state index in [1.807, 2.05) is 28.8 Å². The Kier molecular flexibility index (Phi) is 6.57. The van der Waals surface area contributed by atoms with Crippen LogP contribution in [0.3, 0.4) is 0 Å². The van der Waals surface area contributed by atoms with Crippen LogP contribution in [0.2, 0.25) is 5.02 Å². The number of hydrogen-bond donors (Lipinski definition) is 1. The first-order chi connectivity index (χ1) is 17.5. The number of carbonyl (C=O) groups is 1. The number of para-hydroxylation sites is 2. The molecule has 3 heterocycles. The number of halogens is 1. The second kappa shape index (κ2) is 9.96. The van der Waals surface area contributed by atoms with Crippen molar-refractivity contribution in [3.8, 4) is 11.8 Å². The number of fused-ring (bicyclic) bond motifs is 1. The smallest absolute Gasteiger partial charge is 0.333 e. The lowest BCUT2D eigenvalue weighted by molar-refractivity contribution is 0.0919. The van der Waals surface area contributed by atoms with Gasteiger partial charge in [0, 0.05) is 31.2 Å². The van der Waals surface area contributed by atoms with Gasteiger partial charge in [0.25, 0.3) is 5.91 Å². The summed E-state index contributed by atoms with van der Waals surface area (Å²) in [6.45, 7) is 2.37. The number of rotatable bonds is 5. The highest BCUT2D eigenvalue weighted by Gasteiger charge is 2.26. The number of aryl methyl sites for hydroxylation is 1. The van der Waals surface area contributed by atoms with Crippen molar-refractivity contribution in [1.29, 1.82) is 5.26 Å². The van der Waals surface area contributed by atoms with Crippen LogP contribution in [0.5, 0.6) is 0 Å². The molecular weight excluding hydrogens is 476 g/mol. The lowest BCUT2D eigenvalue weighted by atomic mass is 9.85. The molecule has 0 unspecified atom stereocenters. The molecular formula is C27H25ClN6O2. The summed E-state index contributed by atoms with van der Waals surface area (Å²) in [6, 6.07) is 13.2. The highest BCUT2D eigenvalue weighted by atomic mass is 35.5. The van der Waals surface area contributed by atoms with Crippen molar-refractivity contribution in [2.45, 2.75) is 45.2 Å². The maximum atomic E-state index is 13.6. The molecule has 1 saturated carbocycles. The number of nitriles is 1. The number of amides is 1. The van der Waals surface area contributed by atoms with E-state index in [1.54, 1.807) is 29.8 Å². The maximum Gasteiger partial charge on any atom is 0.333 e. The normalized spacial score (nSPS) is 17.6. The van der Waals surface area contributed by atoms with Crippen molar-refractivity contribution in [2.24, 2.45) is 5.92 Å². The summed E-state index contributed by atoms with van der Waals surface area (Å²) in [4.78, 5) is 34.5. The molecule has 0 spiro atoms. The Bertz CT molecular complexity index is 1540. The van der Waals surface area contributed by atoms with E-state index in [1.165, 1.54) is 12.4 Å². The number of nitrogens with one attached hydrogen (secondary N) is 1. The Balaban J connectivity index is 1.33. The van der Waals surface area contributed by atoms with E-state index in [0.717, 1.165) is 36.7 Å². The zero-order valence-electron chi connectivity index (χ0n) is 19.8. The van der Waals surface area contributed by atoms with Crippen LogP contribution in [0.15, 0.2) is 59.8 Å². The molecule has 0 atom stereocenters. The molecule has 1 amide bonds. The van der Waals surface area contributed by atoms with Gasteiger partial charge >= 0.3 is 5.69 Å². The van der Waals surface area contributed by atoms with Gasteiger partial charge in [-0.25, -0.2) is 4.79 Å². The van der Waals surface area contributed by atoms with Crippen LogP contribution >= 0.6 is 11.6 Å². The van der Waals surface area contributed by atoms with Gasteiger partial charge in [0.05, 0.1) is 38.6 Å². The molecule has 0 radical (unpaired) electrons. The molecule has 0 bridgehead atoms. The number of imidazole rings is 1. The molecule has 1 fully saturated rings. The van der Waals surface area contributed by atoms with Crippen LogP contribution in [0.1, 0.15) is 47.3 Å². The van der Waals surface area contributed by atoms with Crippen molar-refractivity contribution in [3.63, 3.8) is 0 Å². The molecule has 1 aromatic carbocycles. The lowest BCUT2D eigenvalue weighted by Gasteiger charge is -2.29. The molecule has 36 heavy (non-hydrogen) atoms. The molecule has 4 aromatic rings. The van der Waals surface area contributed by atoms with Gasteiger partial charge in [0.15, 0.2) is 0 Å². The van der Waals surface area contributed by atoms with Gasteiger partial charge in [-0.05, 0) is 62.8 Å². The number of hydrogen-bond acceptors (Lipinski definition) is 5. The summed E-state index contributed by atoms with van der Waals surface area (Å²) in [6.07, 6.45) is 8.05. The Morgan fingerprint density at radius 1 is 1.17 bits per heavy atom. The van der Waals surface area contributed by atoms with Crippen LogP contribution in [-0.4, -0.2) is 31.1 Å². The van der Waals surface area contributed by atoms with Gasteiger partial charge in [-0.3, -0.25) is 23.9 Å². The maximum absolute atomic E-state index is 13.6. The quantitative estimate of drug-likeness (QED) is 0.437. The molecule has 182 valence electrons. The average Bonchev–Trinajstić information content (AvgIpc) is 3.17. The van der Waals surface area contributed by atoms with Crippen LogP contribution in [0, 0.1) is 24.2 Å². The first-order valence-electron chi connectivity index (χ1n) is 11.9. The monoisotopic (exact) mass is 500 g/mol. The predicted molar refractivity (Wildman–Crippen MR) is 137 cm³/mol. The highest BCUT2D eigenvalue weighted by molar-refractivity contribution is 6.30. The molecule has 0 aliphatic heterocycles. The molecule has 8 nitrogen and oxygen atoms in total. The van der Waals surface area contributed by atoms with Crippen LogP contribution in [0.25, 0.3) is 16.7 Å². The van der Waals surface area contributed by atoms with Crippen molar-refractivity contribution >= 4 is 28.5 Å². The standard InChI is InChI=1S/C27H25ClN6O2/c1-17-22(12-20(28)15-31-17)26(35)32-21-8-6-18(7-9-21)16-33-24-4-2-3-5-25(24)34(27(33)36)23-10-11-30-14-19(23)13-29/h2-5,10-12,14-15,18,21H,6-9,16H2,1H3,(H,32,35)/t18-,21-. The fraction of sp³-hybridized carbons (Fsp3) is 0.296. The first-order valence-corrected chi connectivity index (χ1v) is 12.3. The van der Waals surface area contributed by atoms with Crippen molar-refractivity contribution in [2.75, 3.05) is 0 Å². The van der Waals surface area contributed by atoms with Crippen LogP contribution in [0.4, 0.5) is 0 Å². The second-order valence-electron chi connectivity index (χ2n) is 9.20. The summed E-state index contributed by atoms with van der Waals surface area (Å²) in [7, 11) is 0. The predicted octanol–water partition coefficient (Wildman–Crippen LogP) is 4.40. The number of carbonyl (C=O) groups excluding carboxylic acids is 1. The minimum absolute atomic E-state index is 0.0696. The Labute approximate surface area is 213 Å². The van der Waals surface area contributed by atoms with Gasteiger partial charge in [-0.15, -0.1) is 0 Å². The third-order valence-electron chi connectivity index (χ3n) is 6.92. The first kappa shape index (κ1) is 23.8. The van der Waals surface area contributed by atoms with Gasteiger partial charge in [0.1, 0.15) is 6.07 Å². The highest BCUT2D eigenvalue weighted by Crippen LogP contribution is 2.28. The van der Waals surface area contributed by atoms with E-state index in [2.05, 4.69) is 21.4 Å². The topological polar surface area (TPSA) is 106 Å². The number of benzene rings is 1. The minimum atomic E-state index is -0.168. The fourth-order valence-corrected chi connectivity index (χ4v) is 5.19. The molecule has 3 aromatic heterocycles. The van der Waals surface area contributed by atoms with Crippen LogP contribution in [-0.2, 0) is 6.54 Å². The van der Waals surface area contributed by atoms with E-state index in [-0.39, 0.29) is 17.6 Å². The van der Waals surface area contributed by atoms with Gasteiger partial charge < -0.3 is 5.32 Å². The summed E-state index contributed by atoms with van der Waals surface area (Å²) < 4.78 is 3.41. The van der Waals surface area contributed by atoms with Crippen molar-refractivity contribution < 1.29 is 4.79 Å². The molecule has 1 N–H and O–H groups in total. The van der Waals surface area contributed by atoms with Crippen molar-refractivity contribution in [3.05, 3.63) is 87.3 Å². The third-order valence-corrected chi connectivity index (χ3v) is 7.12. The largest absolute Gasteiger partial charge is 0.349 e. The van der Waals surface area contributed by atoms with Gasteiger partial charge in [-0.2, -0.15) is 5.26 Å².